The summed E-state index contributed by atoms with van der Waals surface area (Å²) in [5, 5.41) is 0. The van der Waals surface area contributed by atoms with Crippen molar-refractivity contribution < 1.29 is 23.1 Å². The minimum absolute atomic E-state index is 0.0202. The summed E-state index contributed by atoms with van der Waals surface area (Å²) in [6.45, 7) is 35.0. The van der Waals surface area contributed by atoms with Crippen molar-refractivity contribution in [1.82, 2.24) is 0 Å². The van der Waals surface area contributed by atoms with Crippen LogP contribution in [0.1, 0.15) is 142 Å². The van der Waals surface area contributed by atoms with Crippen molar-refractivity contribution in [3.63, 3.8) is 0 Å². The molecule has 0 heterocycles. The van der Waals surface area contributed by atoms with Gasteiger partial charge < -0.3 is 18.3 Å². The lowest BCUT2D eigenvalue weighted by atomic mass is 9.42. The van der Waals surface area contributed by atoms with Gasteiger partial charge in [-0.05, 0) is 88.5 Å². The molecule has 0 aliphatic heterocycles. The smallest absolute Gasteiger partial charge is 0.200 e. The van der Waals surface area contributed by atoms with E-state index in [0.717, 1.165) is 51.6 Å². The third-order valence-electron chi connectivity index (χ3n) is 13.8. The number of hydrogen-bond acceptors (Lipinski definition) is 5. The molecule has 3 aliphatic carbocycles. The summed E-state index contributed by atoms with van der Waals surface area (Å²) in [7, 11) is -2.45. The average Bonchev–Trinajstić information content (AvgIpc) is 2.93. The minimum atomic E-state index is -2.16. The van der Waals surface area contributed by atoms with Gasteiger partial charge in [-0.25, -0.2) is 0 Å². The predicted molar refractivity (Wildman–Crippen MR) is 194 cm³/mol. The van der Waals surface area contributed by atoms with E-state index in [0.29, 0.717) is 57.7 Å². The Hall–Kier alpha value is -0.0562. The molecule has 0 saturated heterocycles. The van der Waals surface area contributed by atoms with Crippen molar-refractivity contribution >= 4 is 22.4 Å². The Balaban J connectivity index is 2.16. The molecule has 0 spiro atoms. The first kappa shape index (κ1) is 39.4. The molecule has 0 unspecified atom stereocenters. The Kier molecular flexibility index (Phi) is 13.3. The summed E-state index contributed by atoms with van der Waals surface area (Å²) in [6, 6.07) is 0. The Labute approximate surface area is 281 Å². The Morgan fingerprint density at radius 1 is 0.800 bits per heavy atom. The number of fused-ring (bicyclic) bond motifs is 3. The van der Waals surface area contributed by atoms with E-state index in [1.54, 1.807) is 7.11 Å². The number of hydrogen-bond donors (Lipinski definition) is 0. The summed E-state index contributed by atoms with van der Waals surface area (Å²) >= 11 is 0. The molecule has 3 fully saturated rings. The fraction of sp³-hybridized carbons (Fsp3) is 0.974. The van der Waals surface area contributed by atoms with E-state index in [-0.39, 0.29) is 29.0 Å². The summed E-state index contributed by atoms with van der Waals surface area (Å²) in [4.78, 5) is 13.0. The highest BCUT2D eigenvalue weighted by Crippen LogP contribution is 2.66. The Bertz CT molecular complexity index is 920. The van der Waals surface area contributed by atoms with Gasteiger partial charge in [-0.15, -0.1) is 0 Å². The van der Waals surface area contributed by atoms with Gasteiger partial charge in [-0.3, -0.25) is 4.79 Å². The largest absolute Gasteiger partial charge is 0.416 e. The molecule has 7 atom stereocenters. The molecule has 0 aromatic heterocycles. The molecule has 3 aliphatic rings. The van der Waals surface area contributed by atoms with Crippen LogP contribution in [0.15, 0.2) is 0 Å². The highest BCUT2D eigenvalue weighted by Gasteiger charge is 2.65. The van der Waals surface area contributed by atoms with Crippen LogP contribution in [0.25, 0.3) is 0 Å². The van der Waals surface area contributed by atoms with Crippen molar-refractivity contribution in [2.45, 2.75) is 187 Å². The average molecular weight is 667 g/mol. The Morgan fingerprint density at radius 2 is 1.33 bits per heavy atom. The number of ether oxygens (including phenoxy) is 2. The Morgan fingerprint density at radius 3 is 1.82 bits per heavy atom. The highest BCUT2D eigenvalue weighted by atomic mass is 28.4. The second-order valence-corrected chi connectivity index (χ2v) is 28.7. The van der Waals surface area contributed by atoms with Crippen LogP contribution in [-0.4, -0.2) is 55.1 Å². The zero-order valence-electron chi connectivity index (χ0n) is 32.3. The van der Waals surface area contributed by atoms with Gasteiger partial charge in [0.25, 0.3) is 0 Å². The van der Waals surface area contributed by atoms with E-state index >= 15 is 0 Å². The van der Waals surface area contributed by atoms with Gasteiger partial charge in [-0.2, -0.15) is 0 Å². The number of Topliss-reactive ketones (excluding diaryl/α,β-unsaturated/α-hetero) is 1. The maximum absolute atomic E-state index is 13.0. The molecule has 5 nitrogen and oxygen atoms in total. The summed E-state index contributed by atoms with van der Waals surface area (Å²) < 4.78 is 27.5. The molecule has 3 saturated carbocycles. The van der Waals surface area contributed by atoms with Crippen molar-refractivity contribution in [1.29, 1.82) is 0 Å². The zero-order valence-corrected chi connectivity index (χ0v) is 34.3. The third-order valence-corrected chi connectivity index (χ3v) is 26.0. The highest BCUT2D eigenvalue weighted by molar-refractivity contribution is 6.78. The fourth-order valence-electron chi connectivity index (χ4n) is 12.1. The maximum Gasteiger partial charge on any atom is 0.200 e. The third kappa shape index (κ3) is 7.16. The lowest BCUT2D eigenvalue weighted by Gasteiger charge is -2.66. The van der Waals surface area contributed by atoms with E-state index in [4.69, 9.17) is 18.3 Å². The SMILES string of the molecule is COCO[C@@H]1C[C@@H]2CCC(=O)C[C@H]2[C@]2(C)CC[C@@H](O[Si](C(C)C)(C(C)C)C(C)C)[C@@](C)(CCO[Si](C(C)C)(C(C)C)C(C)C)[C@@H]12. The molecule has 45 heavy (non-hydrogen) atoms. The van der Waals surface area contributed by atoms with Crippen LogP contribution in [-0.2, 0) is 23.1 Å². The van der Waals surface area contributed by atoms with E-state index in [9.17, 15) is 4.79 Å². The van der Waals surface area contributed by atoms with Gasteiger partial charge in [0.15, 0.2) is 8.32 Å². The molecule has 0 aromatic carbocycles. The zero-order chi connectivity index (χ0) is 34.1. The van der Waals surface area contributed by atoms with Crippen LogP contribution in [0.5, 0.6) is 0 Å². The molecule has 0 N–H and O–H groups in total. The molecule has 0 aromatic rings. The molecular weight excluding hydrogens is 593 g/mol. The molecule has 0 amide bonds. The van der Waals surface area contributed by atoms with Crippen LogP contribution < -0.4 is 0 Å². The first-order valence-electron chi connectivity index (χ1n) is 18.8. The van der Waals surface area contributed by atoms with Crippen molar-refractivity contribution in [3.8, 4) is 0 Å². The van der Waals surface area contributed by atoms with Gasteiger partial charge >= 0.3 is 0 Å². The molecule has 7 heteroatoms. The summed E-state index contributed by atoms with van der Waals surface area (Å²) in [6.07, 6.45) is 6.86. The topological polar surface area (TPSA) is 54.0 Å². The summed E-state index contributed by atoms with van der Waals surface area (Å²) in [5.74, 6) is 1.71. The predicted octanol–water partition coefficient (Wildman–Crippen LogP) is 10.9. The van der Waals surface area contributed by atoms with Gasteiger partial charge in [0.05, 0.1) is 12.2 Å². The number of ketones is 1. The molecule has 264 valence electrons. The first-order chi connectivity index (χ1) is 20.9. The van der Waals surface area contributed by atoms with Gasteiger partial charge in [-0.1, -0.05) is 96.9 Å². The van der Waals surface area contributed by atoms with E-state index < -0.39 is 16.6 Å². The number of carbonyl (C=O) groups excluding carboxylic acids is 1. The number of carbonyl (C=O) groups is 1. The van der Waals surface area contributed by atoms with Crippen LogP contribution in [0.3, 0.4) is 0 Å². The molecule has 3 rings (SSSR count). The lowest BCUT2D eigenvalue weighted by Crippen LogP contribution is -2.66. The second kappa shape index (κ2) is 15.2. The quantitative estimate of drug-likeness (QED) is 0.129. The molecule has 0 radical (unpaired) electrons. The van der Waals surface area contributed by atoms with Crippen molar-refractivity contribution in [2.24, 2.45) is 28.6 Å². The second-order valence-electron chi connectivity index (χ2n) is 17.9. The van der Waals surface area contributed by atoms with E-state index in [1.807, 2.05) is 0 Å². The minimum Gasteiger partial charge on any atom is -0.416 e. The van der Waals surface area contributed by atoms with Gasteiger partial charge in [0.2, 0.25) is 8.32 Å². The lowest BCUT2D eigenvalue weighted by molar-refractivity contribution is -0.234. The van der Waals surface area contributed by atoms with Crippen LogP contribution in [0, 0.1) is 28.6 Å². The monoisotopic (exact) mass is 667 g/mol. The van der Waals surface area contributed by atoms with Crippen molar-refractivity contribution in [3.05, 3.63) is 0 Å². The maximum atomic E-state index is 13.0. The molecular formula is C38H74O5Si2. The van der Waals surface area contributed by atoms with Crippen LogP contribution in [0.4, 0.5) is 0 Å². The van der Waals surface area contributed by atoms with Crippen molar-refractivity contribution in [2.75, 3.05) is 20.5 Å². The van der Waals surface area contributed by atoms with Gasteiger partial charge in [0.1, 0.15) is 12.6 Å². The van der Waals surface area contributed by atoms with Crippen LogP contribution in [0.2, 0.25) is 33.2 Å². The van der Waals surface area contributed by atoms with E-state index in [1.165, 1.54) is 0 Å². The first-order valence-corrected chi connectivity index (χ1v) is 23.1. The standard InChI is InChI=1S/C38H74O5Si2/c1-25(2)44(26(3)4,27(5)6)42-21-20-38(14)35(43-45(28(7)8,29(9)10)30(11)12)18-19-37(13)33-23-32(39)17-16-31(33)22-34(36(37)38)41-24-40-15/h25-31,33-36H,16-24H2,1-15H3/t31-,33+,34+,35+,36-,37-,38+/m0/s1. The van der Waals surface area contributed by atoms with E-state index in [2.05, 4.69) is 96.9 Å². The van der Waals surface area contributed by atoms with Crippen LogP contribution >= 0.6 is 0 Å². The van der Waals surface area contributed by atoms with Gasteiger partial charge in [0, 0.05) is 32.0 Å². The number of methoxy groups -OCH3 is 1. The molecule has 0 bridgehead atoms. The fourth-order valence-corrected chi connectivity index (χ4v) is 23.3. The normalized spacial score (nSPS) is 33.2. The summed E-state index contributed by atoms with van der Waals surface area (Å²) in [5.41, 5.74) is 3.13. The number of rotatable bonds is 15.